The summed E-state index contributed by atoms with van der Waals surface area (Å²) in [5.74, 6) is 0.589. The van der Waals surface area contributed by atoms with Gasteiger partial charge in [0.25, 0.3) is 0 Å². The van der Waals surface area contributed by atoms with Crippen molar-refractivity contribution in [3.05, 3.63) is 30.3 Å². The Labute approximate surface area is 126 Å². The van der Waals surface area contributed by atoms with Crippen LogP contribution in [0.4, 0.5) is 4.79 Å². The molecular weight excluding hydrogens is 268 g/mol. The van der Waals surface area contributed by atoms with E-state index in [0.717, 1.165) is 45.4 Å². The summed E-state index contributed by atoms with van der Waals surface area (Å²) in [4.78, 5) is 16.3. The third kappa shape index (κ3) is 5.36. The highest BCUT2D eigenvalue weighted by Crippen LogP contribution is 2.12. The number of unbranched alkanes of at least 4 members (excludes halogenated alkanes) is 1. The summed E-state index contributed by atoms with van der Waals surface area (Å²) in [6.07, 6.45) is 2.54. The number of benzene rings is 1. The van der Waals surface area contributed by atoms with Crippen LogP contribution in [0.15, 0.2) is 30.3 Å². The molecule has 1 amide bonds. The molecule has 1 aliphatic rings. The summed E-state index contributed by atoms with van der Waals surface area (Å²) in [6, 6.07) is 9.18. The fourth-order valence-corrected chi connectivity index (χ4v) is 2.48. The predicted molar refractivity (Wildman–Crippen MR) is 81.4 cm³/mol. The predicted octanol–water partition coefficient (Wildman–Crippen LogP) is 1.97. The van der Waals surface area contributed by atoms with Crippen LogP contribution in [-0.4, -0.2) is 60.3 Å². The highest BCUT2D eigenvalue weighted by molar-refractivity contribution is 5.70. The third-order valence-electron chi connectivity index (χ3n) is 3.68. The van der Waals surface area contributed by atoms with E-state index in [1.807, 2.05) is 18.2 Å². The number of aliphatic hydroxyl groups excluding tert-OH is 1. The Bertz CT molecular complexity index is 425. The molecule has 0 atom stereocenters. The van der Waals surface area contributed by atoms with E-state index in [1.54, 1.807) is 17.0 Å². The number of carbonyl (C=O) groups excluding carboxylic acids is 1. The molecular formula is C16H24N2O3. The largest absolute Gasteiger partial charge is 0.415 e. The molecule has 1 aromatic rings. The summed E-state index contributed by atoms with van der Waals surface area (Å²) in [5, 5.41) is 8.82. The number of hydrogen-bond donors (Lipinski definition) is 1. The number of ether oxygens (including phenoxy) is 1. The molecule has 5 heteroatoms. The standard InChI is InChI=1S/C16H24N2O3/c19-14-5-4-9-17-10-6-11-18(13-12-17)16(20)21-15-7-2-1-3-8-15/h1-3,7-8,19H,4-6,9-14H2. The molecule has 2 rings (SSSR count). The number of carbonyl (C=O) groups is 1. The zero-order valence-electron chi connectivity index (χ0n) is 12.4. The number of rotatable bonds is 5. The van der Waals surface area contributed by atoms with Gasteiger partial charge in [-0.2, -0.15) is 0 Å². The van der Waals surface area contributed by atoms with Crippen LogP contribution in [-0.2, 0) is 0 Å². The van der Waals surface area contributed by atoms with Crippen LogP contribution in [0.3, 0.4) is 0 Å². The topological polar surface area (TPSA) is 53.0 Å². The lowest BCUT2D eigenvalue weighted by Crippen LogP contribution is -2.37. The second kappa shape index (κ2) is 8.64. The van der Waals surface area contributed by atoms with Crippen molar-refractivity contribution in [3.63, 3.8) is 0 Å². The molecule has 0 radical (unpaired) electrons. The van der Waals surface area contributed by atoms with Crippen molar-refractivity contribution in [3.8, 4) is 5.75 Å². The summed E-state index contributed by atoms with van der Waals surface area (Å²) < 4.78 is 5.38. The van der Waals surface area contributed by atoms with Gasteiger partial charge < -0.3 is 19.6 Å². The molecule has 0 aromatic heterocycles. The lowest BCUT2D eigenvalue weighted by atomic mass is 10.3. The molecule has 0 spiro atoms. The van der Waals surface area contributed by atoms with E-state index in [2.05, 4.69) is 4.90 Å². The van der Waals surface area contributed by atoms with Crippen LogP contribution in [0.25, 0.3) is 0 Å². The van der Waals surface area contributed by atoms with Gasteiger partial charge in [0, 0.05) is 26.2 Å². The number of amides is 1. The highest BCUT2D eigenvalue weighted by Gasteiger charge is 2.20. The minimum absolute atomic E-state index is 0.253. The van der Waals surface area contributed by atoms with Crippen LogP contribution >= 0.6 is 0 Å². The number of para-hydroxylation sites is 1. The molecule has 1 N–H and O–H groups in total. The molecule has 0 aliphatic carbocycles. The van der Waals surface area contributed by atoms with Crippen molar-refractivity contribution < 1.29 is 14.6 Å². The van der Waals surface area contributed by atoms with Crippen molar-refractivity contribution in [1.29, 1.82) is 0 Å². The van der Waals surface area contributed by atoms with Crippen LogP contribution in [0.1, 0.15) is 19.3 Å². The first kappa shape index (κ1) is 15.8. The molecule has 1 aliphatic heterocycles. The van der Waals surface area contributed by atoms with Gasteiger partial charge in [0.05, 0.1) is 0 Å². The zero-order chi connectivity index (χ0) is 14.9. The van der Waals surface area contributed by atoms with Gasteiger partial charge in [-0.1, -0.05) is 18.2 Å². The Morgan fingerprint density at radius 2 is 1.90 bits per heavy atom. The Morgan fingerprint density at radius 1 is 1.10 bits per heavy atom. The minimum Gasteiger partial charge on any atom is -0.410 e. The van der Waals surface area contributed by atoms with Gasteiger partial charge in [-0.25, -0.2) is 4.79 Å². The Kier molecular flexibility index (Phi) is 6.50. The van der Waals surface area contributed by atoms with Gasteiger partial charge in [0.15, 0.2) is 0 Å². The minimum atomic E-state index is -0.265. The zero-order valence-corrected chi connectivity index (χ0v) is 12.4. The van der Waals surface area contributed by atoms with Gasteiger partial charge in [0.1, 0.15) is 5.75 Å². The van der Waals surface area contributed by atoms with E-state index in [1.165, 1.54) is 0 Å². The summed E-state index contributed by atoms with van der Waals surface area (Å²) in [7, 11) is 0. The molecule has 116 valence electrons. The SMILES string of the molecule is O=C(Oc1ccccc1)N1CCCN(CCCCO)CC1. The molecule has 0 unspecified atom stereocenters. The van der Waals surface area contributed by atoms with Crippen molar-refractivity contribution in [2.24, 2.45) is 0 Å². The quantitative estimate of drug-likeness (QED) is 0.843. The maximum absolute atomic E-state index is 12.1. The summed E-state index contributed by atoms with van der Waals surface area (Å²) in [5.41, 5.74) is 0. The molecule has 0 bridgehead atoms. The van der Waals surface area contributed by atoms with E-state index in [0.29, 0.717) is 12.3 Å². The normalized spacial score (nSPS) is 16.5. The lowest BCUT2D eigenvalue weighted by Gasteiger charge is -2.21. The summed E-state index contributed by atoms with van der Waals surface area (Å²) in [6.45, 7) is 4.55. The van der Waals surface area contributed by atoms with E-state index in [-0.39, 0.29) is 12.7 Å². The first-order chi connectivity index (χ1) is 10.3. The fourth-order valence-electron chi connectivity index (χ4n) is 2.48. The molecule has 1 heterocycles. The Hall–Kier alpha value is -1.59. The van der Waals surface area contributed by atoms with E-state index in [9.17, 15) is 4.79 Å². The maximum atomic E-state index is 12.1. The van der Waals surface area contributed by atoms with Gasteiger partial charge in [-0.05, 0) is 44.5 Å². The van der Waals surface area contributed by atoms with Gasteiger partial charge in [-0.15, -0.1) is 0 Å². The first-order valence-corrected chi connectivity index (χ1v) is 7.64. The highest BCUT2D eigenvalue weighted by atomic mass is 16.6. The van der Waals surface area contributed by atoms with Crippen molar-refractivity contribution in [1.82, 2.24) is 9.80 Å². The molecule has 1 saturated heterocycles. The van der Waals surface area contributed by atoms with Crippen LogP contribution in [0.5, 0.6) is 5.75 Å². The molecule has 0 saturated carbocycles. The Morgan fingerprint density at radius 3 is 2.67 bits per heavy atom. The fraction of sp³-hybridized carbons (Fsp3) is 0.562. The van der Waals surface area contributed by atoms with Crippen LogP contribution < -0.4 is 4.74 Å². The molecule has 1 aromatic carbocycles. The average Bonchev–Trinajstić information content (AvgIpc) is 2.74. The first-order valence-electron chi connectivity index (χ1n) is 7.64. The van der Waals surface area contributed by atoms with Crippen molar-refractivity contribution in [2.45, 2.75) is 19.3 Å². The molecule has 5 nitrogen and oxygen atoms in total. The lowest BCUT2D eigenvalue weighted by molar-refractivity contribution is 0.153. The van der Waals surface area contributed by atoms with E-state index < -0.39 is 0 Å². The second-order valence-corrected chi connectivity index (χ2v) is 5.29. The van der Waals surface area contributed by atoms with Gasteiger partial charge in [0.2, 0.25) is 0 Å². The van der Waals surface area contributed by atoms with E-state index in [4.69, 9.17) is 9.84 Å². The van der Waals surface area contributed by atoms with Crippen molar-refractivity contribution >= 4 is 6.09 Å². The second-order valence-electron chi connectivity index (χ2n) is 5.29. The number of aliphatic hydroxyl groups is 1. The van der Waals surface area contributed by atoms with Gasteiger partial charge >= 0.3 is 6.09 Å². The monoisotopic (exact) mass is 292 g/mol. The maximum Gasteiger partial charge on any atom is 0.415 e. The van der Waals surface area contributed by atoms with Crippen LogP contribution in [0, 0.1) is 0 Å². The summed E-state index contributed by atoms with van der Waals surface area (Å²) >= 11 is 0. The number of hydrogen-bond acceptors (Lipinski definition) is 4. The third-order valence-corrected chi connectivity index (χ3v) is 3.68. The van der Waals surface area contributed by atoms with E-state index >= 15 is 0 Å². The van der Waals surface area contributed by atoms with Crippen LogP contribution in [0.2, 0.25) is 0 Å². The molecule has 21 heavy (non-hydrogen) atoms. The average molecular weight is 292 g/mol. The smallest absolute Gasteiger partial charge is 0.410 e. The molecule has 1 fully saturated rings. The Balaban J connectivity index is 1.78. The number of nitrogens with zero attached hydrogens (tertiary/aromatic N) is 2. The van der Waals surface area contributed by atoms with Crippen molar-refractivity contribution in [2.75, 3.05) is 39.3 Å². The van der Waals surface area contributed by atoms with Gasteiger partial charge in [-0.3, -0.25) is 0 Å².